The standard InChI is InChI=1S/C16H20F2O4/c1-2-3-8-21-15(19)6-4-5-7-16(20)22-14-10-12(17)9-13(18)11-14/h9-11H,2-8H2,1H3. The van der Waals surface area contributed by atoms with Crippen molar-refractivity contribution in [2.45, 2.75) is 45.4 Å². The molecule has 4 nitrogen and oxygen atoms in total. The summed E-state index contributed by atoms with van der Waals surface area (Å²) in [4.78, 5) is 22.8. The van der Waals surface area contributed by atoms with Crippen LogP contribution in [0.1, 0.15) is 45.4 Å². The SMILES string of the molecule is CCCCOC(=O)CCCCC(=O)Oc1cc(F)cc(F)c1. The summed E-state index contributed by atoms with van der Waals surface area (Å²) in [6, 6.07) is 2.57. The fourth-order valence-electron chi connectivity index (χ4n) is 1.71. The van der Waals surface area contributed by atoms with Crippen molar-refractivity contribution < 1.29 is 27.8 Å². The first-order chi connectivity index (χ1) is 10.5. The van der Waals surface area contributed by atoms with Crippen molar-refractivity contribution in [3.63, 3.8) is 0 Å². The number of unbranched alkanes of at least 4 members (excludes halogenated alkanes) is 2. The molecule has 0 N–H and O–H groups in total. The average molecular weight is 314 g/mol. The molecule has 0 atom stereocenters. The zero-order valence-electron chi connectivity index (χ0n) is 12.6. The van der Waals surface area contributed by atoms with Gasteiger partial charge in [0.1, 0.15) is 17.4 Å². The molecule has 0 spiro atoms. The molecule has 6 heteroatoms. The van der Waals surface area contributed by atoms with Crippen molar-refractivity contribution in [2.75, 3.05) is 6.61 Å². The fourth-order valence-corrected chi connectivity index (χ4v) is 1.71. The van der Waals surface area contributed by atoms with Crippen LogP contribution in [0.4, 0.5) is 8.78 Å². The first-order valence-corrected chi connectivity index (χ1v) is 7.33. The molecule has 0 aromatic heterocycles. The van der Waals surface area contributed by atoms with Gasteiger partial charge in [0, 0.05) is 31.0 Å². The van der Waals surface area contributed by atoms with E-state index in [1.165, 1.54) is 0 Å². The molecule has 1 aromatic rings. The lowest BCUT2D eigenvalue weighted by atomic mass is 10.2. The largest absolute Gasteiger partial charge is 0.466 e. The summed E-state index contributed by atoms with van der Waals surface area (Å²) in [5, 5.41) is 0. The van der Waals surface area contributed by atoms with Crippen LogP contribution in [-0.2, 0) is 14.3 Å². The van der Waals surface area contributed by atoms with Crippen LogP contribution in [0.5, 0.6) is 5.75 Å². The lowest BCUT2D eigenvalue weighted by molar-refractivity contribution is -0.144. The van der Waals surface area contributed by atoms with Crippen LogP contribution in [0.15, 0.2) is 18.2 Å². The van der Waals surface area contributed by atoms with Crippen LogP contribution in [0.25, 0.3) is 0 Å². The molecule has 122 valence electrons. The molecule has 0 bridgehead atoms. The van der Waals surface area contributed by atoms with Gasteiger partial charge in [-0.25, -0.2) is 8.78 Å². The maximum atomic E-state index is 12.9. The molecule has 0 aliphatic heterocycles. The Morgan fingerprint density at radius 2 is 1.55 bits per heavy atom. The minimum absolute atomic E-state index is 0.0698. The van der Waals surface area contributed by atoms with Crippen molar-refractivity contribution in [1.29, 1.82) is 0 Å². The van der Waals surface area contributed by atoms with Gasteiger partial charge >= 0.3 is 11.9 Å². The molecule has 0 saturated carbocycles. The van der Waals surface area contributed by atoms with E-state index in [1.807, 2.05) is 6.92 Å². The third-order valence-electron chi connectivity index (χ3n) is 2.84. The van der Waals surface area contributed by atoms with Crippen LogP contribution in [0.2, 0.25) is 0 Å². The summed E-state index contributed by atoms with van der Waals surface area (Å²) >= 11 is 0. The Morgan fingerprint density at radius 1 is 0.955 bits per heavy atom. The van der Waals surface area contributed by atoms with Crippen LogP contribution < -0.4 is 4.74 Å². The topological polar surface area (TPSA) is 52.6 Å². The second kappa shape index (κ2) is 9.87. The van der Waals surface area contributed by atoms with Gasteiger partial charge in [-0.2, -0.15) is 0 Å². The van der Waals surface area contributed by atoms with E-state index in [0.717, 1.165) is 25.0 Å². The normalized spacial score (nSPS) is 10.3. The monoisotopic (exact) mass is 314 g/mol. The second-order valence-electron chi connectivity index (χ2n) is 4.86. The van der Waals surface area contributed by atoms with E-state index in [0.29, 0.717) is 25.5 Å². The number of ether oxygens (including phenoxy) is 2. The zero-order chi connectivity index (χ0) is 16.4. The van der Waals surface area contributed by atoms with Crippen LogP contribution in [0.3, 0.4) is 0 Å². The minimum Gasteiger partial charge on any atom is -0.466 e. The van der Waals surface area contributed by atoms with Gasteiger partial charge in [0.2, 0.25) is 0 Å². The first kappa shape index (κ1) is 18.1. The van der Waals surface area contributed by atoms with Crippen LogP contribution >= 0.6 is 0 Å². The Labute approximate surface area is 128 Å². The van der Waals surface area contributed by atoms with Gasteiger partial charge in [-0.15, -0.1) is 0 Å². The van der Waals surface area contributed by atoms with E-state index in [1.54, 1.807) is 0 Å². The minimum atomic E-state index is -0.808. The molecule has 0 aliphatic carbocycles. The Morgan fingerprint density at radius 3 is 2.14 bits per heavy atom. The molecule has 1 rings (SSSR count). The molecule has 0 radical (unpaired) electrons. The predicted octanol–water partition coefficient (Wildman–Crippen LogP) is 3.77. The zero-order valence-corrected chi connectivity index (χ0v) is 12.6. The molecule has 0 fully saturated rings. The lowest BCUT2D eigenvalue weighted by Crippen LogP contribution is -2.09. The molecule has 1 aromatic carbocycles. The molecular formula is C16H20F2O4. The molecule has 0 heterocycles. The number of hydrogen-bond acceptors (Lipinski definition) is 4. The first-order valence-electron chi connectivity index (χ1n) is 7.33. The van der Waals surface area contributed by atoms with E-state index in [-0.39, 0.29) is 24.6 Å². The van der Waals surface area contributed by atoms with Crippen LogP contribution in [-0.4, -0.2) is 18.5 Å². The summed E-state index contributed by atoms with van der Waals surface area (Å²) in [5.41, 5.74) is 0. The molecule has 0 unspecified atom stereocenters. The van der Waals surface area contributed by atoms with E-state index in [9.17, 15) is 18.4 Å². The van der Waals surface area contributed by atoms with Gasteiger partial charge in [-0.05, 0) is 19.3 Å². The highest BCUT2D eigenvalue weighted by atomic mass is 19.1. The van der Waals surface area contributed by atoms with Gasteiger partial charge in [-0.1, -0.05) is 13.3 Å². The van der Waals surface area contributed by atoms with E-state index < -0.39 is 17.6 Å². The number of carbonyl (C=O) groups excluding carboxylic acids is 2. The maximum absolute atomic E-state index is 12.9. The van der Waals surface area contributed by atoms with Crippen molar-refractivity contribution in [3.05, 3.63) is 29.8 Å². The van der Waals surface area contributed by atoms with Gasteiger partial charge in [0.05, 0.1) is 6.61 Å². The number of carbonyl (C=O) groups is 2. The highest BCUT2D eigenvalue weighted by Crippen LogP contribution is 2.16. The van der Waals surface area contributed by atoms with Gasteiger partial charge in [-0.3, -0.25) is 9.59 Å². The van der Waals surface area contributed by atoms with Gasteiger partial charge in [0.25, 0.3) is 0 Å². The summed E-state index contributed by atoms with van der Waals surface area (Å²) in [6.45, 7) is 2.42. The molecule has 0 amide bonds. The van der Waals surface area contributed by atoms with Gasteiger partial charge in [0.15, 0.2) is 0 Å². The van der Waals surface area contributed by atoms with Crippen molar-refractivity contribution in [3.8, 4) is 5.75 Å². The van der Waals surface area contributed by atoms with Crippen molar-refractivity contribution in [1.82, 2.24) is 0 Å². The number of esters is 2. The van der Waals surface area contributed by atoms with E-state index >= 15 is 0 Å². The Balaban J connectivity index is 2.19. The van der Waals surface area contributed by atoms with E-state index in [4.69, 9.17) is 9.47 Å². The number of benzene rings is 1. The van der Waals surface area contributed by atoms with Crippen molar-refractivity contribution >= 4 is 11.9 Å². The van der Waals surface area contributed by atoms with Gasteiger partial charge < -0.3 is 9.47 Å². The Kier molecular flexibility index (Phi) is 8.10. The third-order valence-corrected chi connectivity index (χ3v) is 2.84. The lowest BCUT2D eigenvalue weighted by Gasteiger charge is -2.05. The summed E-state index contributed by atoms with van der Waals surface area (Å²) in [7, 11) is 0. The number of hydrogen-bond donors (Lipinski definition) is 0. The Hall–Kier alpha value is -1.98. The summed E-state index contributed by atoms with van der Waals surface area (Å²) in [5.74, 6) is -2.66. The predicted molar refractivity (Wildman–Crippen MR) is 76.3 cm³/mol. The highest BCUT2D eigenvalue weighted by Gasteiger charge is 2.09. The van der Waals surface area contributed by atoms with E-state index in [2.05, 4.69) is 0 Å². The molecule has 0 saturated heterocycles. The maximum Gasteiger partial charge on any atom is 0.311 e. The summed E-state index contributed by atoms with van der Waals surface area (Å²) in [6.07, 6.45) is 3.05. The third kappa shape index (κ3) is 7.71. The number of halogens is 2. The average Bonchev–Trinajstić information content (AvgIpc) is 2.42. The molecule has 0 aliphatic rings. The fraction of sp³-hybridized carbons (Fsp3) is 0.500. The quantitative estimate of drug-likeness (QED) is 0.395. The Bertz CT molecular complexity index is 483. The number of rotatable bonds is 9. The van der Waals surface area contributed by atoms with Crippen LogP contribution in [0, 0.1) is 11.6 Å². The smallest absolute Gasteiger partial charge is 0.311 e. The highest BCUT2D eigenvalue weighted by molar-refractivity contribution is 5.72. The van der Waals surface area contributed by atoms with Crippen molar-refractivity contribution in [2.24, 2.45) is 0 Å². The summed E-state index contributed by atoms with van der Waals surface area (Å²) < 4.78 is 35.6. The molecular weight excluding hydrogens is 294 g/mol. The second-order valence-corrected chi connectivity index (χ2v) is 4.86. The molecule has 22 heavy (non-hydrogen) atoms.